The molecule has 8 heteroatoms. The van der Waals surface area contributed by atoms with Crippen molar-refractivity contribution in [3.63, 3.8) is 0 Å². The Morgan fingerprint density at radius 3 is 2.47 bits per heavy atom. The number of carbonyl (C=O) groups is 1. The molecule has 0 saturated heterocycles. The Kier molecular flexibility index (Phi) is 7.76. The largest absolute Gasteiger partial charge is 0.452 e. The summed E-state index contributed by atoms with van der Waals surface area (Å²) in [6.45, 7) is 7.19. The number of hydrogen-bond donors (Lipinski definition) is 1. The second kappa shape index (κ2) is 10.6. The van der Waals surface area contributed by atoms with Gasteiger partial charge < -0.3 is 9.73 Å². The number of aromatic nitrogens is 2. The van der Waals surface area contributed by atoms with Crippen molar-refractivity contribution >= 4 is 62.8 Å². The summed E-state index contributed by atoms with van der Waals surface area (Å²) in [7, 11) is 0. The quantitative estimate of drug-likeness (QED) is 0.241. The molecule has 5 nitrogen and oxygen atoms in total. The molecule has 1 unspecified atom stereocenters. The first-order chi connectivity index (χ1) is 16.3. The lowest BCUT2D eigenvalue weighted by molar-refractivity contribution is 0.0942. The van der Waals surface area contributed by atoms with Gasteiger partial charge in [-0.3, -0.25) is 4.79 Å². The topological polar surface area (TPSA) is 60.1 Å². The minimum Gasteiger partial charge on any atom is -0.452 e. The normalized spacial score (nSPS) is 12.7. The number of hydrogen-bond acceptors (Lipinski definition) is 3. The van der Waals surface area contributed by atoms with Crippen LogP contribution in [0.2, 0.25) is 15.1 Å². The smallest absolute Gasteiger partial charge is 0.275 e. The van der Waals surface area contributed by atoms with Crippen molar-refractivity contribution in [2.24, 2.45) is 11.8 Å². The summed E-state index contributed by atoms with van der Waals surface area (Å²) in [4.78, 5) is 13.2. The van der Waals surface area contributed by atoms with Crippen molar-refractivity contribution in [3.05, 3.63) is 57.2 Å². The Morgan fingerprint density at radius 1 is 1.06 bits per heavy atom. The highest BCUT2D eigenvalue weighted by atomic mass is 35.5. The zero-order valence-corrected chi connectivity index (χ0v) is 21.8. The number of nitrogens with zero attached hydrogens (tertiary/aromatic N) is 2. The van der Waals surface area contributed by atoms with Crippen LogP contribution in [0.3, 0.4) is 0 Å². The van der Waals surface area contributed by atoms with Crippen LogP contribution in [0.4, 0.5) is 0 Å². The molecule has 0 aliphatic rings. The van der Waals surface area contributed by atoms with Crippen LogP contribution in [0.25, 0.3) is 27.8 Å². The third-order valence-corrected chi connectivity index (χ3v) is 7.21. The van der Waals surface area contributed by atoms with Crippen molar-refractivity contribution in [2.75, 3.05) is 6.54 Å². The molecule has 0 aliphatic heterocycles. The summed E-state index contributed by atoms with van der Waals surface area (Å²) in [5.41, 5.74) is 2.44. The highest BCUT2D eigenvalue weighted by molar-refractivity contribution is 6.36. The summed E-state index contributed by atoms with van der Waals surface area (Å²) in [5, 5.41) is 9.92. The average molecular weight is 521 g/mol. The Morgan fingerprint density at radius 2 is 1.76 bits per heavy atom. The van der Waals surface area contributed by atoms with E-state index in [1.54, 1.807) is 35.0 Å². The lowest BCUT2D eigenvalue weighted by Crippen LogP contribution is -2.29. The molecule has 0 aliphatic carbocycles. The van der Waals surface area contributed by atoms with Gasteiger partial charge >= 0.3 is 0 Å². The molecule has 1 amide bonds. The standard InChI is InChI=1S/C26H28Cl3N3O2/c1-4-16(5-2)7-6-15(3)14-30-26(33)23-25-24(19-10-8-18(28)13-22(19)34-25)32(31-23)21-11-9-17(27)12-20(21)29/h8-13,15-16H,4-7,14H2,1-3H3,(H,30,33). The fourth-order valence-corrected chi connectivity index (χ4v) is 4.92. The monoisotopic (exact) mass is 519 g/mol. The first kappa shape index (κ1) is 24.9. The lowest BCUT2D eigenvalue weighted by Gasteiger charge is -2.16. The van der Waals surface area contributed by atoms with Gasteiger partial charge in [-0.25, -0.2) is 4.68 Å². The minimum absolute atomic E-state index is 0.209. The fraction of sp³-hybridized carbons (Fsp3) is 0.385. The number of amides is 1. The molecule has 34 heavy (non-hydrogen) atoms. The van der Waals surface area contributed by atoms with Crippen LogP contribution in [-0.2, 0) is 0 Å². The van der Waals surface area contributed by atoms with E-state index in [4.69, 9.17) is 39.2 Å². The Hall–Kier alpha value is -2.21. The lowest BCUT2D eigenvalue weighted by atomic mass is 9.93. The van der Waals surface area contributed by atoms with Crippen LogP contribution in [-0.4, -0.2) is 22.2 Å². The third-order valence-electron chi connectivity index (χ3n) is 6.44. The van der Waals surface area contributed by atoms with Crippen molar-refractivity contribution in [3.8, 4) is 5.69 Å². The van der Waals surface area contributed by atoms with Crippen molar-refractivity contribution in [2.45, 2.75) is 46.5 Å². The number of furan rings is 1. The molecule has 1 N–H and O–H groups in total. The van der Waals surface area contributed by atoms with Crippen molar-refractivity contribution in [1.82, 2.24) is 15.1 Å². The highest BCUT2D eigenvalue weighted by Crippen LogP contribution is 2.36. The summed E-state index contributed by atoms with van der Waals surface area (Å²) < 4.78 is 7.71. The molecule has 2 aromatic heterocycles. The maximum Gasteiger partial charge on any atom is 0.275 e. The van der Waals surface area contributed by atoms with Gasteiger partial charge in [0, 0.05) is 28.0 Å². The molecule has 2 aromatic carbocycles. The number of fused-ring (bicyclic) bond motifs is 3. The summed E-state index contributed by atoms with van der Waals surface area (Å²) in [6, 6.07) is 10.5. The number of nitrogens with one attached hydrogen (secondary N) is 1. The summed E-state index contributed by atoms with van der Waals surface area (Å²) in [5.74, 6) is 0.815. The van der Waals surface area contributed by atoms with E-state index in [0.717, 1.165) is 17.7 Å². The number of benzene rings is 2. The third kappa shape index (κ3) is 5.07. The molecule has 2 heterocycles. The van der Waals surface area contributed by atoms with Gasteiger partial charge in [0.25, 0.3) is 5.91 Å². The second-order valence-electron chi connectivity index (χ2n) is 8.85. The maximum atomic E-state index is 13.2. The van der Waals surface area contributed by atoms with Crippen LogP contribution in [0.1, 0.15) is 56.9 Å². The molecule has 0 fully saturated rings. The van der Waals surface area contributed by atoms with E-state index in [9.17, 15) is 4.79 Å². The zero-order valence-electron chi connectivity index (χ0n) is 19.5. The molecule has 0 bridgehead atoms. The van der Waals surface area contributed by atoms with Gasteiger partial charge in [0.15, 0.2) is 11.3 Å². The van der Waals surface area contributed by atoms with Crippen LogP contribution < -0.4 is 5.32 Å². The number of halogens is 3. The minimum atomic E-state index is -0.284. The Balaban J connectivity index is 1.67. The zero-order chi connectivity index (χ0) is 24.4. The van der Waals surface area contributed by atoms with Crippen LogP contribution in [0, 0.1) is 11.8 Å². The van der Waals surface area contributed by atoms with Gasteiger partial charge in [-0.05, 0) is 48.6 Å². The fourth-order valence-electron chi connectivity index (χ4n) is 4.27. The van der Waals surface area contributed by atoms with Gasteiger partial charge in [0.2, 0.25) is 0 Å². The van der Waals surface area contributed by atoms with Crippen LogP contribution >= 0.6 is 34.8 Å². The Labute approximate surface area is 214 Å². The van der Waals surface area contributed by atoms with Gasteiger partial charge in [-0.2, -0.15) is 5.10 Å². The average Bonchev–Trinajstić information content (AvgIpc) is 3.35. The number of carbonyl (C=O) groups excluding carboxylic acids is 1. The van der Waals surface area contributed by atoms with Crippen molar-refractivity contribution < 1.29 is 9.21 Å². The van der Waals surface area contributed by atoms with E-state index in [1.807, 2.05) is 6.07 Å². The molecular formula is C26H28Cl3N3O2. The molecule has 180 valence electrons. The van der Waals surface area contributed by atoms with Gasteiger partial charge in [-0.1, -0.05) is 74.8 Å². The summed E-state index contributed by atoms with van der Waals surface area (Å²) >= 11 is 18.8. The van der Waals surface area contributed by atoms with E-state index in [-0.39, 0.29) is 11.6 Å². The first-order valence-corrected chi connectivity index (χ1v) is 12.8. The van der Waals surface area contributed by atoms with E-state index in [2.05, 4.69) is 31.2 Å². The molecule has 1 atom stereocenters. The molecule has 0 spiro atoms. The van der Waals surface area contributed by atoms with E-state index < -0.39 is 0 Å². The Bertz CT molecular complexity index is 1320. The molecule has 0 saturated carbocycles. The van der Waals surface area contributed by atoms with E-state index in [0.29, 0.717) is 49.9 Å². The van der Waals surface area contributed by atoms with Crippen molar-refractivity contribution in [1.29, 1.82) is 0 Å². The van der Waals surface area contributed by atoms with Gasteiger partial charge in [0.05, 0.1) is 10.7 Å². The molecule has 4 aromatic rings. The highest BCUT2D eigenvalue weighted by Gasteiger charge is 2.25. The predicted molar refractivity (Wildman–Crippen MR) is 141 cm³/mol. The molecule has 0 radical (unpaired) electrons. The van der Waals surface area contributed by atoms with Gasteiger partial charge in [0.1, 0.15) is 11.1 Å². The van der Waals surface area contributed by atoms with E-state index >= 15 is 0 Å². The number of rotatable bonds is 9. The maximum absolute atomic E-state index is 13.2. The summed E-state index contributed by atoms with van der Waals surface area (Å²) in [6.07, 6.45) is 4.62. The van der Waals surface area contributed by atoms with Crippen LogP contribution in [0.5, 0.6) is 0 Å². The predicted octanol–water partition coefficient (Wildman–Crippen LogP) is 8.31. The SMILES string of the molecule is CCC(CC)CCC(C)CNC(=O)c1nn(-c2ccc(Cl)cc2Cl)c2c1oc1cc(Cl)ccc12. The van der Waals surface area contributed by atoms with E-state index in [1.165, 1.54) is 19.3 Å². The van der Waals surface area contributed by atoms with Crippen LogP contribution in [0.15, 0.2) is 40.8 Å². The molecule has 4 rings (SSSR count). The van der Waals surface area contributed by atoms with Gasteiger partial charge in [-0.15, -0.1) is 0 Å². The first-order valence-electron chi connectivity index (χ1n) is 11.7. The molecular weight excluding hydrogens is 493 g/mol. The second-order valence-corrected chi connectivity index (χ2v) is 10.1.